The second-order valence-electron chi connectivity index (χ2n) is 9.78. The van der Waals surface area contributed by atoms with Gasteiger partial charge in [0.05, 0.1) is 34.5 Å². The van der Waals surface area contributed by atoms with Gasteiger partial charge in [0.2, 0.25) is 5.91 Å². The third kappa shape index (κ3) is 4.63. The van der Waals surface area contributed by atoms with Crippen LogP contribution in [0, 0.1) is 17.7 Å². The van der Waals surface area contributed by atoms with Gasteiger partial charge >= 0.3 is 0 Å². The largest absolute Gasteiger partial charge is 0.486 e. The summed E-state index contributed by atoms with van der Waals surface area (Å²) in [6.07, 6.45) is 4.37. The number of nitrogens with zero attached hydrogens (tertiary/aromatic N) is 3. The van der Waals surface area contributed by atoms with Crippen molar-refractivity contribution in [2.75, 3.05) is 31.6 Å². The van der Waals surface area contributed by atoms with Crippen molar-refractivity contribution in [3.05, 3.63) is 59.1 Å². The molecule has 1 amide bonds. The first-order valence-electron chi connectivity index (χ1n) is 12.4. The molecule has 4 atom stereocenters. The number of rotatable bonds is 7. The Labute approximate surface area is 228 Å². The van der Waals surface area contributed by atoms with Crippen LogP contribution in [0.2, 0.25) is 10.0 Å². The number of amides is 1. The molecule has 11 heteroatoms. The van der Waals surface area contributed by atoms with E-state index in [9.17, 15) is 9.18 Å². The monoisotopic (exact) mass is 558 g/mol. The maximum absolute atomic E-state index is 14.8. The van der Waals surface area contributed by atoms with Gasteiger partial charge in [-0.05, 0) is 30.7 Å². The van der Waals surface area contributed by atoms with E-state index < -0.39 is 5.82 Å². The summed E-state index contributed by atoms with van der Waals surface area (Å²) >= 11 is 11.9. The molecule has 3 saturated heterocycles. The fraction of sp³-hybridized carbons (Fsp3) is 0.370. The lowest BCUT2D eigenvalue weighted by molar-refractivity contribution is -0.142. The molecule has 1 aromatic heterocycles. The highest BCUT2D eigenvalue weighted by molar-refractivity contribution is 6.42. The van der Waals surface area contributed by atoms with E-state index >= 15 is 0 Å². The Balaban J connectivity index is 1.34. The second-order valence-corrected chi connectivity index (χ2v) is 10.6. The number of carbonyl (C=O) groups excluding carboxylic acids is 1. The maximum atomic E-state index is 14.8. The van der Waals surface area contributed by atoms with Crippen LogP contribution in [-0.2, 0) is 9.53 Å². The zero-order valence-electron chi connectivity index (χ0n) is 20.3. The van der Waals surface area contributed by atoms with Crippen molar-refractivity contribution in [2.24, 2.45) is 11.8 Å². The van der Waals surface area contributed by atoms with Gasteiger partial charge in [-0.2, -0.15) is 0 Å². The molecular weight excluding hydrogens is 534 g/mol. The molecule has 1 aliphatic carbocycles. The molecule has 0 spiro atoms. The van der Waals surface area contributed by atoms with Gasteiger partial charge in [0.25, 0.3) is 0 Å². The van der Waals surface area contributed by atoms with E-state index in [0.29, 0.717) is 54.5 Å². The highest BCUT2D eigenvalue weighted by Gasteiger charge is 2.49. The van der Waals surface area contributed by atoms with Crippen LogP contribution >= 0.6 is 23.2 Å². The molecule has 3 aromatic rings. The van der Waals surface area contributed by atoms with Crippen molar-refractivity contribution in [3.8, 4) is 11.5 Å². The van der Waals surface area contributed by atoms with Gasteiger partial charge < -0.3 is 24.4 Å². The Morgan fingerprint density at radius 2 is 1.97 bits per heavy atom. The molecule has 4 heterocycles. The first-order chi connectivity index (χ1) is 18.4. The highest BCUT2D eigenvalue weighted by Crippen LogP contribution is 2.45. The molecule has 0 radical (unpaired) electrons. The molecule has 7 rings (SSSR count). The van der Waals surface area contributed by atoms with Crippen molar-refractivity contribution in [1.82, 2.24) is 14.9 Å². The highest BCUT2D eigenvalue weighted by atomic mass is 35.5. The van der Waals surface area contributed by atoms with Crippen molar-refractivity contribution in [3.63, 3.8) is 0 Å². The van der Waals surface area contributed by atoms with Crippen molar-refractivity contribution in [2.45, 2.75) is 25.0 Å². The number of benzene rings is 2. The van der Waals surface area contributed by atoms with Crippen molar-refractivity contribution >= 4 is 51.5 Å². The number of piperidine rings is 2. The average Bonchev–Trinajstić information content (AvgIpc) is 3.45. The summed E-state index contributed by atoms with van der Waals surface area (Å²) in [5.41, 5.74) is 0.728. The van der Waals surface area contributed by atoms with E-state index in [1.165, 1.54) is 24.5 Å². The van der Waals surface area contributed by atoms with Gasteiger partial charge in [0.15, 0.2) is 17.3 Å². The Kier molecular flexibility index (Phi) is 6.75. The third-order valence-electron chi connectivity index (χ3n) is 7.36. The molecule has 38 heavy (non-hydrogen) atoms. The van der Waals surface area contributed by atoms with Crippen LogP contribution in [0.3, 0.4) is 0 Å². The number of aromatic nitrogens is 2. The Morgan fingerprint density at radius 3 is 2.71 bits per heavy atom. The minimum atomic E-state index is -0.676. The number of fused-ring (bicyclic) bond motifs is 3. The first kappa shape index (κ1) is 25.2. The number of ether oxygens (including phenoxy) is 3. The normalized spacial score (nSPS) is 24.1. The first-order valence-corrected chi connectivity index (χ1v) is 13.2. The van der Waals surface area contributed by atoms with E-state index in [2.05, 4.69) is 21.9 Å². The molecule has 198 valence electrons. The zero-order valence-corrected chi connectivity index (χ0v) is 21.8. The van der Waals surface area contributed by atoms with Crippen LogP contribution < -0.4 is 14.8 Å². The van der Waals surface area contributed by atoms with Crippen LogP contribution in [-0.4, -0.2) is 59.3 Å². The predicted molar refractivity (Wildman–Crippen MR) is 142 cm³/mol. The average molecular weight is 559 g/mol. The number of nitrogens with one attached hydrogen (secondary N) is 1. The van der Waals surface area contributed by atoms with E-state index in [-0.39, 0.29) is 45.7 Å². The Morgan fingerprint density at radius 1 is 1.18 bits per heavy atom. The molecular formula is C27H25Cl2FN4O4. The standard InChI is InChI=1S/C27H25Cl2FN4O4/c1-2-23(35)34-10-14-7-15(11-34)26(14)38-21-8-17-20(9-22(21)37-16-5-6-36-12-16)31-13-32-27(17)33-19-4-3-18(28)24(29)25(19)30/h2-4,8-9,13-16,26H,1,5-7,10-12H2,(H,31,32,33)/t14-,15+,16-,26+/m0/s1. The van der Waals surface area contributed by atoms with E-state index in [1.54, 1.807) is 0 Å². The van der Waals surface area contributed by atoms with Gasteiger partial charge in [-0.3, -0.25) is 4.79 Å². The van der Waals surface area contributed by atoms with Gasteiger partial charge in [0, 0.05) is 42.8 Å². The fourth-order valence-corrected chi connectivity index (χ4v) is 5.69. The number of anilines is 2. The molecule has 2 aromatic carbocycles. The number of hydrogen-bond donors (Lipinski definition) is 1. The van der Waals surface area contributed by atoms with Crippen molar-refractivity contribution < 1.29 is 23.4 Å². The Bertz CT molecular complexity index is 1410. The van der Waals surface area contributed by atoms with E-state index in [0.717, 1.165) is 12.8 Å². The summed E-state index contributed by atoms with van der Waals surface area (Å²) < 4.78 is 33.1. The molecule has 0 unspecified atom stereocenters. The fourth-order valence-electron chi connectivity index (χ4n) is 5.38. The summed E-state index contributed by atoms with van der Waals surface area (Å²) in [6, 6.07) is 6.64. The minimum Gasteiger partial charge on any atom is -0.486 e. The number of hydrogen-bond acceptors (Lipinski definition) is 7. The minimum absolute atomic E-state index is 0.0583. The van der Waals surface area contributed by atoms with Gasteiger partial charge in [-0.15, -0.1) is 0 Å². The van der Waals surface area contributed by atoms with Crippen LogP contribution in [0.4, 0.5) is 15.9 Å². The lowest BCUT2D eigenvalue weighted by Crippen LogP contribution is -2.61. The predicted octanol–water partition coefficient (Wildman–Crippen LogP) is 5.40. The molecule has 2 bridgehead atoms. The number of halogens is 3. The molecule has 3 aliphatic heterocycles. The third-order valence-corrected chi connectivity index (χ3v) is 8.15. The Hall–Kier alpha value is -3.14. The quantitative estimate of drug-likeness (QED) is 0.307. The topological polar surface area (TPSA) is 85.8 Å². The SMILES string of the molecule is C=CC(=O)N1C[C@H]2C[C@@H](C1)[C@H]2Oc1cc2c(Nc3ccc(Cl)c(Cl)c3F)ncnc2cc1O[C@H]1CCOC1. The second kappa shape index (κ2) is 10.2. The molecule has 1 saturated carbocycles. The number of carbonyl (C=O) groups is 1. The van der Waals surface area contributed by atoms with Crippen LogP contribution in [0.1, 0.15) is 12.8 Å². The maximum Gasteiger partial charge on any atom is 0.245 e. The molecule has 4 fully saturated rings. The summed E-state index contributed by atoms with van der Waals surface area (Å²) in [5, 5.41) is 3.58. The molecule has 1 N–H and O–H groups in total. The van der Waals surface area contributed by atoms with E-state index in [1.807, 2.05) is 17.0 Å². The van der Waals surface area contributed by atoms with Gasteiger partial charge in [-0.1, -0.05) is 29.8 Å². The molecule has 4 aliphatic rings. The zero-order chi connectivity index (χ0) is 26.4. The van der Waals surface area contributed by atoms with Gasteiger partial charge in [-0.25, -0.2) is 14.4 Å². The summed E-state index contributed by atoms with van der Waals surface area (Å²) in [4.78, 5) is 22.7. The molecule has 8 nitrogen and oxygen atoms in total. The summed E-state index contributed by atoms with van der Waals surface area (Å²) in [7, 11) is 0. The van der Waals surface area contributed by atoms with E-state index in [4.69, 9.17) is 37.4 Å². The van der Waals surface area contributed by atoms with Crippen molar-refractivity contribution in [1.29, 1.82) is 0 Å². The van der Waals surface area contributed by atoms with Crippen LogP contribution in [0.25, 0.3) is 10.9 Å². The lowest BCUT2D eigenvalue weighted by Gasteiger charge is -2.52. The van der Waals surface area contributed by atoms with Crippen LogP contribution in [0.15, 0.2) is 43.2 Å². The van der Waals surface area contributed by atoms with Gasteiger partial charge in [0.1, 0.15) is 24.4 Å². The summed E-state index contributed by atoms with van der Waals surface area (Å²) in [6.45, 7) is 5.98. The van der Waals surface area contributed by atoms with Crippen LogP contribution in [0.5, 0.6) is 11.5 Å². The summed E-state index contributed by atoms with van der Waals surface area (Å²) in [5.74, 6) is 1.17. The smallest absolute Gasteiger partial charge is 0.245 e. The lowest BCUT2D eigenvalue weighted by atomic mass is 9.68.